The van der Waals surface area contributed by atoms with Crippen LogP contribution in [0, 0.1) is 29.0 Å². The van der Waals surface area contributed by atoms with Crippen molar-refractivity contribution in [2.45, 2.75) is 60.0 Å². The monoisotopic (exact) mass is 506 g/mol. The number of benzene rings is 2. The summed E-state index contributed by atoms with van der Waals surface area (Å²) in [4.78, 5) is 17.5. The minimum Gasteiger partial charge on any atom is -0.497 e. The molecule has 0 amide bonds. The molecule has 1 saturated carbocycles. The Morgan fingerprint density at radius 1 is 1.22 bits per heavy atom. The molecule has 0 saturated heterocycles. The number of halogens is 1. The minimum absolute atomic E-state index is 0.149. The third-order valence-corrected chi connectivity index (χ3v) is 8.84. The lowest BCUT2D eigenvalue weighted by atomic mass is 9.58. The number of rotatable bonds is 8. The maximum atomic E-state index is 14.3. The van der Waals surface area contributed by atoms with Gasteiger partial charge in [0.2, 0.25) is 0 Å². The Bertz CT molecular complexity index is 1350. The quantitative estimate of drug-likeness (QED) is 0.394. The van der Waals surface area contributed by atoms with Crippen molar-refractivity contribution in [2.75, 3.05) is 12.4 Å². The Morgan fingerprint density at radius 2 is 1.97 bits per heavy atom. The average molecular weight is 507 g/mol. The molecule has 3 aromatic rings. The lowest BCUT2D eigenvalue weighted by Gasteiger charge is -2.50. The van der Waals surface area contributed by atoms with Crippen molar-refractivity contribution in [2.24, 2.45) is 23.2 Å². The van der Waals surface area contributed by atoms with Crippen LogP contribution in [0.3, 0.4) is 0 Å². The van der Waals surface area contributed by atoms with Gasteiger partial charge in [0.1, 0.15) is 11.6 Å². The van der Waals surface area contributed by atoms with Gasteiger partial charge >= 0.3 is 0 Å². The van der Waals surface area contributed by atoms with E-state index in [1.165, 1.54) is 24.1 Å². The van der Waals surface area contributed by atoms with Gasteiger partial charge in [-0.05, 0) is 65.8 Å². The van der Waals surface area contributed by atoms with Gasteiger partial charge in [0.05, 0.1) is 30.2 Å². The third kappa shape index (κ3) is 5.50. The molecule has 1 aromatic heterocycles. The summed E-state index contributed by atoms with van der Waals surface area (Å²) >= 11 is 0. The lowest BCUT2D eigenvalue weighted by Crippen LogP contribution is -2.50. The fourth-order valence-corrected chi connectivity index (χ4v) is 5.49. The molecule has 6 nitrogen and oxygen atoms in total. The van der Waals surface area contributed by atoms with E-state index in [4.69, 9.17) is 4.74 Å². The van der Waals surface area contributed by atoms with Gasteiger partial charge in [-0.3, -0.25) is 9.36 Å². The fraction of sp³-hybridized carbons (Fsp3) is 0.467. The van der Waals surface area contributed by atoms with Crippen LogP contribution in [0.5, 0.6) is 5.75 Å². The molecule has 0 bridgehead atoms. The summed E-state index contributed by atoms with van der Waals surface area (Å²) in [5.74, 6) is 2.58. The Kier molecular flexibility index (Phi) is 7.62. The molecule has 1 fully saturated rings. The molecular formula is C30H39FN4O2. The molecule has 7 heteroatoms. The first-order valence-electron chi connectivity index (χ1n) is 13.0. The zero-order valence-corrected chi connectivity index (χ0v) is 22.8. The summed E-state index contributed by atoms with van der Waals surface area (Å²) in [7, 11) is 1.50. The second-order valence-corrected chi connectivity index (χ2v) is 11.1. The van der Waals surface area contributed by atoms with E-state index in [0.29, 0.717) is 64.4 Å². The number of methoxy groups -OCH3 is 1. The van der Waals surface area contributed by atoms with Crippen LogP contribution in [-0.4, -0.2) is 22.7 Å². The SMILES string of the molecule is C=C(Nc1ccc2c(=O)n(CCc3ccc(OC)cc3F)cnc2c1)N[C@H]1C[C@@H](C)C(C)(C)[C@@H](C)C1C. The highest BCUT2D eigenvalue weighted by molar-refractivity contribution is 5.81. The van der Waals surface area contributed by atoms with Crippen molar-refractivity contribution in [3.05, 3.63) is 76.9 Å². The van der Waals surface area contributed by atoms with E-state index in [1.54, 1.807) is 18.2 Å². The number of aromatic nitrogens is 2. The second-order valence-electron chi connectivity index (χ2n) is 11.1. The Morgan fingerprint density at radius 3 is 2.68 bits per heavy atom. The molecule has 0 spiro atoms. The van der Waals surface area contributed by atoms with E-state index in [0.717, 1.165) is 17.9 Å². The Balaban J connectivity index is 1.42. The van der Waals surface area contributed by atoms with Crippen molar-refractivity contribution >= 4 is 16.6 Å². The first kappa shape index (κ1) is 26.7. The first-order chi connectivity index (χ1) is 17.5. The van der Waals surface area contributed by atoms with Gasteiger partial charge in [-0.2, -0.15) is 0 Å². The molecule has 2 aromatic carbocycles. The van der Waals surface area contributed by atoms with Crippen molar-refractivity contribution in [3.63, 3.8) is 0 Å². The van der Waals surface area contributed by atoms with Crippen LogP contribution in [0.25, 0.3) is 10.9 Å². The normalized spacial score (nSPS) is 23.0. The summed E-state index contributed by atoms with van der Waals surface area (Å²) in [6.45, 7) is 16.3. The summed E-state index contributed by atoms with van der Waals surface area (Å²) in [5.41, 5.74) is 2.11. The van der Waals surface area contributed by atoms with Crippen LogP contribution in [-0.2, 0) is 13.0 Å². The Hall–Kier alpha value is -3.35. The van der Waals surface area contributed by atoms with Crippen molar-refractivity contribution in [1.82, 2.24) is 14.9 Å². The number of nitrogens with zero attached hydrogens (tertiary/aromatic N) is 2. The highest BCUT2D eigenvalue weighted by Gasteiger charge is 2.43. The first-order valence-corrected chi connectivity index (χ1v) is 13.0. The van der Waals surface area contributed by atoms with Crippen molar-refractivity contribution in [3.8, 4) is 5.75 Å². The molecule has 1 aliphatic rings. The number of hydrogen-bond acceptors (Lipinski definition) is 5. The zero-order chi connectivity index (χ0) is 26.9. The molecule has 4 rings (SSSR count). The highest BCUT2D eigenvalue weighted by atomic mass is 19.1. The van der Waals surface area contributed by atoms with Gasteiger partial charge in [0, 0.05) is 24.3 Å². The molecule has 37 heavy (non-hydrogen) atoms. The van der Waals surface area contributed by atoms with E-state index < -0.39 is 0 Å². The van der Waals surface area contributed by atoms with E-state index in [-0.39, 0.29) is 11.4 Å². The molecule has 0 radical (unpaired) electrons. The van der Waals surface area contributed by atoms with E-state index in [9.17, 15) is 9.18 Å². The average Bonchev–Trinajstić information content (AvgIpc) is 2.86. The molecular weight excluding hydrogens is 467 g/mol. The molecule has 1 heterocycles. The van der Waals surface area contributed by atoms with E-state index >= 15 is 0 Å². The minimum atomic E-state index is -0.346. The van der Waals surface area contributed by atoms with Gasteiger partial charge in [0.25, 0.3) is 5.56 Å². The van der Waals surface area contributed by atoms with Crippen molar-refractivity contribution < 1.29 is 9.13 Å². The summed E-state index contributed by atoms with van der Waals surface area (Å²) in [6, 6.07) is 10.6. The van der Waals surface area contributed by atoms with Crippen LogP contribution in [0.2, 0.25) is 0 Å². The maximum Gasteiger partial charge on any atom is 0.261 e. The molecule has 0 aliphatic heterocycles. The maximum absolute atomic E-state index is 14.3. The number of hydrogen-bond donors (Lipinski definition) is 2. The largest absolute Gasteiger partial charge is 0.497 e. The van der Waals surface area contributed by atoms with Gasteiger partial charge < -0.3 is 15.4 Å². The van der Waals surface area contributed by atoms with E-state index in [2.05, 4.69) is 56.8 Å². The summed E-state index contributed by atoms with van der Waals surface area (Å²) in [6.07, 6.45) is 3.00. The van der Waals surface area contributed by atoms with Crippen LogP contribution in [0.1, 0.15) is 46.6 Å². The van der Waals surface area contributed by atoms with Crippen LogP contribution in [0.4, 0.5) is 10.1 Å². The second kappa shape index (κ2) is 10.6. The molecule has 1 aliphatic carbocycles. The lowest BCUT2D eigenvalue weighted by molar-refractivity contribution is 0.0185. The van der Waals surface area contributed by atoms with Gasteiger partial charge in [-0.15, -0.1) is 0 Å². The smallest absolute Gasteiger partial charge is 0.261 e. The zero-order valence-electron chi connectivity index (χ0n) is 22.8. The predicted molar refractivity (Wildman–Crippen MR) is 148 cm³/mol. The highest BCUT2D eigenvalue weighted by Crippen LogP contribution is 2.47. The number of ether oxygens (including phenoxy) is 1. The summed E-state index contributed by atoms with van der Waals surface area (Å²) in [5, 5.41) is 7.46. The predicted octanol–water partition coefficient (Wildman–Crippen LogP) is 5.97. The fourth-order valence-electron chi connectivity index (χ4n) is 5.49. The topological polar surface area (TPSA) is 68.2 Å². The van der Waals surface area contributed by atoms with Gasteiger partial charge in [-0.1, -0.05) is 47.3 Å². The Labute approximate surface area is 219 Å². The number of aryl methyl sites for hydroxylation is 2. The molecule has 198 valence electrons. The molecule has 4 atom stereocenters. The van der Waals surface area contributed by atoms with Gasteiger partial charge in [-0.25, -0.2) is 9.37 Å². The van der Waals surface area contributed by atoms with E-state index in [1.807, 2.05) is 12.1 Å². The van der Waals surface area contributed by atoms with Crippen molar-refractivity contribution in [1.29, 1.82) is 0 Å². The van der Waals surface area contributed by atoms with Gasteiger partial charge in [0.15, 0.2) is 0 Å². The van der Waals surface area contributed by atoms with Crippen LogP contribution >= 0.6 is 0 Å². The molecule has 2 N–H and O–H groups in total. The number of anilines is 1. The number of fused-ring (bicyclic) bond motifs is 1. The number of nitrogens with one attached hydrogen (secondary N) is 2. The standard InChI is InChI=1S/C30H39FN4O2/c1-18-14-27(19(2)20(3)30(18,5)6)34-21(4)33-23-9-11-25-28(15-23)32-17-35(29(25)36)13-12-22-8-10-24(37-7)16-26(22)31/h8-11,15-20,27,33-34H,4,12-14H2,1-3,5-7H3/t18-,19?,20+,27+/m1/s1. The molecule has 1 unspecified atom stereocenters. The summed E-state index contributed by atoms with van der Waals surface area (Å²) < 4.78 is 20.9. The van der Waals surface area contributed by atoms with Crippen LogP contribution < -0.4 is 20.9 Å². The third-order valence-electron chi connectivity index (χ3n) is 8.84. The van der Waals surface area contributed by atoms with Crippen LogP contribution in [0.15, 0.2) is 59.9 Å².